The van der Waals surface area contributed by atoms with E-state index < -0.39 is 5.41 Å². The van der Waals surface area contributed by atoms with E-state index in [9.17, 15) is 9.59 Å². The fourth-order valence-electron chi connectivity index (χ4n) is 4.89. The molecule has 3 atom stereocenters. The molecule has 5 rings (SSSR count). The van der Waals surface area contributed by atoms with Gasteiger partial charge in [-0.25, -0.2) is 14.5 Å². The molecule has 0 unspecified atom stereocenters. The van der Waals surface area contributed by atoms with E-state index in [-0.39, 0.29) is 24.0 Å². The first kappa shape index (κ1) is 17.3. The van der Waals surface area contributed by atoms with Crippen LogP contribution in [0.1, 0.15) is 35.4 Å². The zero-order valence-corrected chi connectivity index (χ0v) is 16.1. The van der Waals surface area contributed by atoms with Crippen LogP contribution in [-0.2, 0) is 16.0 Å². The number of esters is 1. The lowest BCUT2D eigenvalue weighted by Gasteiger charge is -2.34. The minimum absolute atomic E-state index is 0.00741. The standard InChI is InChI=1S/C19H19N5O3S/c1-27-18(26)19(8-12-10-28-11-21-12)9-13-3-4-15(19)24(13)17(25)14-7-16-20-5-2-6-23(16)22-14/h2,5-7,10-11,13,15H,3-4,8-9H2,1H3/t13-,15+,19+/m1/s1. The molecule has 2 aliphatic rings. The van der Waals surface area contributed by atoms with E-state index in [1.165, 1.54) is 18.4 Å². The minimum Gasteiger partial charge on any atom is -0.469 e. The first-order chi connectivity index (χ1) is 13.6. The summed E-state index contributed by atoms with van der Waals surface area (Å²) in [5, 5.41) is 6.33. The second-order valence-electron chi connectivity index (χ2n) is 7.42. The number of amides is 1. The highest BCUT2D eigenvalue weighted by atomic mass is 32.1. The summed E-state index contributed by atoms with van der Waals surface area (Å²) in [6, 6.07) is 3.26. The van der Waals surface area contributed by atoms with Crippen LogP contribution in [0.15, 0.2) is 35.4 Å². The van der Waals surface area contributed by atoms with Gasteiger partial charge in [0.25, 0.3) is 5.91 Å². The third kappa shape index (κ3) is 2.46. The van der Waals surface area contributed by atoms with Crippen molar-refractivity contribution in [2.75, 3.05) is 7.11 Å². The summed E-state index contributed by atoms with van der Waals surface area (Å²) in [4.78, 5) is 36.7. The molecule has 0 N–H and O–H groups in total. The van der Waals surface area contributed by atoms with E-state index in [4.69, 9.17) is 4.74 Å². The highest BCUT2D eigenvalue weighted by Gasteiger charge is 2.62. The van der Waals surface area contributed by atoms with Gasteiger partial charge in [-0.1, -0.05) is 0 Å². The summed E-state index contributed by atoms with van der Waals surface area (Å²) >= 11 is 1.50. The summed E-state index contributed by atoms with van der Waals surface area (Å²) in [6.07, 6.45) is 6.18. The average molecular weight is 397 g/mol. The second kappa shape index (κ2) is 6.37. The van der Waals surface area contributed by atoms with Crippen LogP contribution < -0.4 is 0 Å². The zero-order chi connectivity index (χ0) is 19.3. The Morgan fingerprint density at radius 2 is 2.25 bits per heavy atom. The predicted molar refractivity (Wildman–Crippen MR) is 101 cm³/mol. The van der Waals surface area contributed by atoms with Crippen molar-refractivity contribution >= 4 is 28.9 Å². The molecule has 2 fully saturated rings. The SMILES string of the molecule is COC(=O)[C@@]1(Cc2cscn2)C[C@H]2CC[C@@H]1N2C(=O)c1cc2ncccn2n1. The monoisotopic (exact) mass is 397 g/mol. The number of hydrogen-bond donors (Lipinski definition) is 0. The van der Waals surface area contributed by atoms with Crippen molar-refractivity contribution in [3.8, 4) is 0 Å². The maximum absolute atomic E-state index is 13.3. The molecular weight excluding hydrogens is 378 g/mol. The third-order valence-corrected chi connectivity index (χ3v) is 6.64. The highest BCUT2D eigenvalue weighted by molar-refractivity contribution is 7.07. The fourth-order valence-corrected chi connectivity index (χ4v) is 5.45. The quantitative estimate of drug-likeness (QED) is 0.625. The maximum atomic E-state index is 13.3. The van der Waals surface area contributed by atoms with Gasteiger partial charge in [0.2, 0.25) is 0 Å². The topological polar surface area (TPSA) is 89.7 Å². The van der Waals surface area contributed by atoms with Crippen LogP contribution in [0.25, 0.3) is 5.65 Å². The molecule has 0 radical (unpaired) electrons. The van der Waals surface area contributed by atoms with E-state index in [1.54, 1.807) is 34.6 Å². The van der Waals surface area contributed by atoms with Gasteiger partial charge < -0.3 is 9.64 Å². The molecule has 2 bridgehead atoms. The second-order valence-corrected chi connectivity index (χ2v) is 8.14. The van der Waals surface area contributed by atoms with E-state index in [2.05, 4.69) is 15.1 Å². The number of thiazole rings is 1. The number of ether oxygens (including phenoxy) is 1. The van der Waals surface area contributed by atoms with Gasteiger partial charge in [-0.3, -0.25) is 9.59 Å². The first-order valence-corrected chi connectivity index (χ1v) is 10.2. The van der Waals surface area contributed by atoms with Crippen LogP contribution in [-0.4, -0.2) is 55.6 Å². The van der Waals surface area contributed by atoms with Gasteiger partial charge in [0.15, 0.2) is 11.3 Å². The molecule has 0 aliphatic carbocycles. The van der Waals surface area contributed by atoms with Crippen LogP contribution in [0, 0.1) is 5.41 Å². The van der Waals surface area contributed by atoms with E-state index in [1.807, 2.05) is 10.3 Å². The van der Waals surface area contributed by atoms with E-state index >= 15 is 0 Å². The molecule has 3 aromatic rings. The van der Waals surface area contributed by atoms with Crippen molar-refractivity contribution in [3.05, 3.63) is 46.8 Å². The number of methoxy groups -OCH3 is 1. The van der Waals surface area contributed by atoms with Crippen LogP contribution >= 0.6 is 11.3 Å². The Balaban J connectivity index is 1.51. The van der Waals surface area contributed by atoms with Gasteiger partial charge in [-0.05, 0) is 25.3 Å². The minimum atomic E-state index is -0.751. The molecule has 0 saturated carbocycles. The lowest BCUT2D eigenvalue weighted by molar-refractivity contribution is -0.154. The van der Waals surface area contributed by atoms with Gasteiger partial charge in [0, 0.05) is 42.3 Å². The Labute approximate surface area is 165 Å². The van der Waals surface area contributed by atoms with Crippen molar-refractivity contribution in [1.29, 1.82) is 0 Å². The average Bonchev–Trinajstić information content (AvgIpc) is 3.49. The van der Waals surface area contributed by atoms with Crippen LogP contribution in [0.2, 0.25) is 0 Å². The number of carbonyl (C=O) groups is 2. The molecule has 5 heterocycles. The molecule has 28 heavy (non-hydrogen) atoms. The van der Waals surface area contributed by atoms with Crippen molar-refractivity contribution in [2.24, 2.45) is 5.41 Å². The molecule has 9 heteroatoms. The lowest BCUT2D eigenvalue weighted by Crippen LogP contribution is -2.47. The molecule has 2 saturated heterocycles. The number of fused-ring (bicyclic) bond motifs is 3. The number of nitrogens with zero attached hydrogens (tertiary/aromatic N) is 5. The summed E-state index contributed by atoms with van der Waals surface area (Å²) in [7, 11) is 1.41. The number of hydrogen-bond acceptors (Lipinski definition) is 7. The largest absolute Gasteiger partial charge is 0.469 e. The summed E-state index contributed by atoms with van der Waals surface area (Å²) in [5.41, 5.74) is 2.86. The zero-order valence-electron chi connectivity index (χ0n) is 15.3. The Bertz CT molecular complexity index is 1020. The first-order valence-electron chi connectivity index (χ1n) is 9.21. The van der Waals surface area contributed by atoms with Gasteiger partial charge in [0.05, 0.1) is 23.7 Å². The summed E-state index contributed by atoms with van der Waals surface area (Å²) in [5.74, 6) is -0.413. The van der Waals surface area contributed by atoms with Gasteiger partial charge in [-0.2, -0.15) is 5.10 Å². The van der Waals surface area contributed by atoms with Crippen LogP contribution in [0.4, 0.5) is 0 Å². The number of rotatable bonds is 4. The van der Waals surface area contributed by atoms with Crippen LogP contribution in [0.5, 0.6) is 0 Å². The number of carbonyl (C=O) groups excluding carboxylic acids is 2. The molecule has 0 aromatic carbocycles. The lowest BCUT2D eigenvalue weighted by atomic mass is 9.71. The maximum Gasteiger partial charge on any atom is 0.314 e. The Kier molecular flexibility index (Phi) is 3.94. The smallest absolute Gasteiger partial charge is 0.314 e. The normalized spacial score (nSPS) is 26.1. The van der Waals surface area contributed by atoms with Crippen molar-refractivity contribution in [1.82, 2.24) is 24.5 Å². The van der Waals surface area contributed by atoms with Gasteiger partial charge in [-0.15, -0.1) is 11.3 Å². The van der Waals surface area contributed by atoms with E-state index in [0.717, 1.165) is 18.5 Å². The van der Waals surface area contributed by atoms with Crippen molar-refractivity contribution in [3.63, 3.8) is 0 Å². The Morgan fingerprint density at radius 1 is 1.36 bits per heavy atom. The molecule has 2 aliphatic heterocycles. The van der Waals surface area contributed by atoms with Gasteiger partial charge >= 0.3 is 5.97 Å². The molecule has 144 valence electrons. The molecule has 8 nitrogen and oxygen atoms in total. The Hall–Kier alpha value is -2.81. The van der Waals surface area contributed by atoms with Gasteiger partial charge in [0.1, 0.15) is 0 Å². The highest BCUT2D eigenvalue weighted by Crippen LogP contribution is 2.52. The van der Waals surface area contributed by atoms with Crippen molar-refractivity contribution < 1.29 is 14.3 Å². The van der Waals surface area contributed by atoms with E-state index in [0.29, 0.717) is 24.2 Å². The molecular formula is C19H19N5O3S. The summed E-state index contributed by atoms with van der Waals surface area (Å²) in [6.45, 7) is 0. The molecule has 1 amide bonds. The third-order valence-electron chi connectivity index (χ3n) is 6.00. The fraction of sp³-hybridized carbons (Fsp3) is 0.421. The van der Waals surface area contributed by atoms with Crippen molar-refractivity contribution in [2.45, 2.75) is 37.8 Å². The molecule has 0 spiro atoms. The summed E-state index contributed by atoms with van der Waals surface area (Å²) < 4.78 is 6.78. The number of aromatic nitrogens is 4. The Morgan fingerprint density at radius 3 is 3.00 bits per heavy atom. The van der Waals surface area contributed by atoms with Crippen LogP contribution in [0.3, 0.4) is 0 Å². The molecule has 3 aromatic heterocycles. The predicted octanol–water partition coefficient (Wildman–Crippen LogP) is 1.96.